The van der Waals surface area contributed by atoms with Crippen LogP contribution in [-0.4, -0.2) is 33.5 Å². The van der Waals surface area contributed by atoms with Crippen LogP contribution in [0.1, 0.15) is 11.9 Å². The van der Waals surface area contributed by atoms with Crippen LogP contribution in [0.5, 0.6) is 5.75 Å². The lowest BCUT2D eigenvalue weighted by Gasteiger charge is -2.06. The molecular weight excluding hydrogens is 272 g/mol. The van der Waals surface area contributed by atoms with Gasteiger partial charge in [-0.15, -0.1) is 0 Å². The van der Waals surface area contributed by atoms with Crippen molar-refractivity contribution in [3.8, 4) is 5.75 Å². The molecule has 1 atom stereocenters. The molecule has 2 rings (SSSR count). The van der Waals surface area contributed by atoms with Crippen molar-refractivity contribution in [2.75, 3.05) is 20.0 Å². The molecule has 0 saturated carbocycles. The average Bonchev–Trinajstić information content (AvgIpc) is 2.77. The van der Waals surface area contributed by atoms with Crippen LogP contribution in [0.2, 0.25) is 0 Å². The Balaban J connectivity index is 2.20. The molecule has 0 bridgehead atoms. The molecule has 104 valence electrons. The minimum Gasteiger partial charge on any atom is -0.497 e. The van der Waals surface area contributed by atoms with Crippen molar-refractivity contribution < 1.29 is 26.9 Å². The summed E-state index contributed by atoms with van der Waals surface area (Å²) in [5.41, 5.74) is 0.578. The molecule has 1 N–H and O–H groups in total. The van der Waals surface area contributed by atoms with Gasteiger partial charge in [-0.1, -0.05) is 0 Å². The summed E-state index contributed by atoms with van der Waals surface area (Å²) in [6.07, 6.45) is -0.225. The highest BCUT2D eigenvalue weighted by molar-refractivity contribution is 7.85. The number of aliphatic hydroxyl groups is 1. The standard InChI is InChI=1S/C12H14O6S/c1-16-9-3-4-11-8(5-9)6-12(18-11)10(13)7-17-19(2,14)15/h3-6,10,13H,7H2,1-2H3/t10-/m0/s1. The lowest BCUT2D eigenvalue weighted by Crippen LogP contribution is -2.11. The van der Waals surface area contributed by atoms with Gasteiger partial charge in [0.1, 0.15) is 23.2 Å². The van der Waals surface area contributed by atoms with Crippen molar-refractivity contribution >= 4 is 21.1 Å². The van der Waals surface area contributed by atoms with Crippen molar-refractivity contribution in [1.82, 2.24) is 0 Å². The summed E-state index contributed by atoms with van der Waals surface area (Å²) in [4.78, 5) is 0. The van der Waals surface area contributed by atoms with E-state index < -0.39 is 16.2 Å². The van der Waals surface area contributed by atoms with Crippen LogP contribution in [-0.2, 0) is 14.3 Å². The van der Waals surface area contributed by atoms with Gasteiger partial charge in [0.05, 0.1) is 20.0 Å². The van der Waals surface area contributed by atoms with Crippen LogP contribution in [0.25, 0.3) is 11.0 Å². The summed E-state index contributed by atoms with van der Waals surface area (Å²) in [6, 6.07) is 6.82. The second-order valence-electron chi connectivity index (χ2n) is 4.06. The number of hydrogen-bond donors (Lipinski definition) is 1. The zero-order valence-electron chi connectivity index (χ0n) is 10.5. The van der Waals surface area contributed by atoms with Crippen molar-refractivity contribution in [2.45, 2.75) is 6.10 Å². The number of fused-ring (bicyclic) bond motifs is 1. The predicted octanol–water partition coefficient (Wildman–Crippen LogP) is 1.45. The van der Waals surface area contributed by atoms with Crippen molar-refractivity contribution in [2.24, 2.45) is 0 Å². The summed E-state index contributed by atoms with van der Waals surface area (Å²) in [5.74, 6) is 0.911. The normalized spacial score (nSPS) is 13.6. The molecule has 2 aromatic rings. The van der Waals surface area contributed by atoms with E-state index in [1.165, 1.54) is 0 Å². The quantitative estimate of drug-likeness (QED) is 0.837. The highest BCUT2D eigenvalue weighted by Crippen LogP contribution is 2.27. The Morgan fingerprint density at radius 2 is 2.11 bits per heavy atom. The van der Waals surface area contributed by atoms with E-state index in [9.17, 15) is 13.5 Å². The second kappa shape index (κ2) is 5.20. The lowest BCUT2D eigenvalue weighted by molar-refractivity contribution is 0.0937. The molecule has 0 fully saturated rings. The van der Waals surface area contributed by atoms with Gasteiger partial charge in [-0.2, -0.15) is 8.42 Å². The van der Waals surface area contributed by atoms with Crippen LogP contribution in [0, 0.1) is 0 Å². The largest absolute Gasteiger partial charge is 0.497 e. The minimum absolute atomic E-state index is 0.243. The number of ether oxygens (including phenoxy) is 1. The number of furan rings is 1. The van der Waals surface area contributed by atoms with Gasteiger partial charge < -0.3 is 14.3 Å². The van der Waals surface area contributed by atoms with Gasteiger partial charge in [0.25, 0.3) is 10.1 Å². The van der Waals surface area contributed by atoms with E-state index >= 15 is 0 Å². The molecule has 1 heterocycles. The highest BCUT2D eigenvalue weighted by Gasteiger charge is 2.16. The lowest BCUT2D eigenvalue weighted by atomic mass is 10.2. The van der Waals surface area contributed by atoms with E-state index in [2.05, 4.69) is 4.18 Å². The van der Waals surface area contributed by atoms with E-state index in [0.29, 0.717) is 11.3 Å². The Hall–Kier alpha value is -1.57. The molecule has 0 aliphatic rings. The summed E-state index contributed by atoms with van der Waals surface area (Å²) >= 11 is 0. The molecule has 0 spiro atoms. The van der Waals surface area contributed by atoms with Crippen LogP contribution in [0.4, 0.5) is 0 Å². The minimum atomic E-state index is -3.59. The van der Waals surface area contributed by atoms with Crippen LogP contribution >= 0.6 is 0 Å². The second-order valence-corrected chi connectivity index (χ2v) is 5.70. The van der Waals surface area contributed by atoms with Crippen molar-refractivity contribution in [3.05, 3.63) is 30.0 Å². The first-order chi connectivity index (χ1) is 8.89. The van der Waals surface area contributed by atoms with E-state index in [1.807, 2.05) is 0 Å². The average molecular weight is 286 g/mol. The third-order valence-corrected chi connectivity index (χ3v) is 3.08. The number of benzene rings is 1. The van der Waals surface area contributed by atoms with Gasteiger partial charge in [0.15, 0.2) is 0 Å². The first kappa shape index (κ1) is 13.9. The maximum atomic E-state index is 10.8. The van der Waals surface area contributed by atoms with Gasteiger partial charge in [0, 0.05) is 5.39 Å². The third kappa shape index (κ3) is 3.46. The summed E-state index contributed by atoms with van der Waals surface area (Å²) in [6.45, 7) is -0.379. The van der Waals surface area contributed by atoms with E-state index in [0.717, 1.165) is 11.6 Å². The predicted molar refractivity (Wildman–Crippen MR) is 68.5 cm³/mol. The molecule has 7 heteroatoms. The summed E-state index contributed by atoms with van der Waals surface area (Å²) < 4.78 is 36.7. The number of hydrogen-bond acceptors (Lipinski definition) is 6. The number of aliphatic hydroxyl groups excluding tert-OH is 1. The maximum absolute atomic E-state index is 10.8. The fourth-order valence-corrected chi connectivity index (χ4v) is 1.98. The molecule has 1 aromatic heterocycles. The molecule has 19 heavy (non-hydrogen) atoms. The molecule has 0 unspecified atom stereocenters. The SMILES string of the molecule is COc1ccc2oc([C@@H](O)COS(C)(=O)=O)cc2c1. The van der Waals surface area contributed by atoms with Gasteiger partial charge in [0.2, 0.25) is 0 Å². The highest BCUT2D eigenvalue weighted by atomic mass is 32.2. The smallest absolute Gasteiger partial charge is 0.264 e. The van der Waals surface area contributed by atoms with Crippen LogP contribution in [0.15, 0.2) is 28.7 Å². The first-order valence-electron chi connectivity index (χ1n) is 5.49. The Bertz CT molecular complexity index is 673. The van der Waals surface area contributed by atoms with Crippen LogP contribution < -0.4 is 4.74 Å². The zero-order valence-corrected chi connectivity index (χ0v) is 11.3. The Morgan fingerprint density at radius 1 is 1.37 bits per heavy atom. The van der Waals surface area contributed by atoms with Gasteiger partial charge in [-0.25, -0.2) is 0 Å². The van der Waals surface area contributed by atoms with E-state index in [-0.39, 0.29) is 12.4 Å². The Morgan fingerprint density at radius 3 is 2.74 bits per heavy atom. The molecule has 0 radical (unpaired) electrons. The number of rotatable bonds is 5. The van der Waals surface area contributed by atoms with Gasteiger partial charge in [-0.05, 0) is 24.3 Å². The van der Waals surface area contributed by atoms with Crippen molar-refractivity contribution in [1.29, 1.82) is 0 Å². The molecule has 0 amide bonds. The van der Waals surface area contributed by atoms with Gasteiger partial charge >= 0.3 is 0 Å². The zero-order chi connectivity index (χ0) is 14.0. The fourth-order valence-electron chi connectivity index (χ4n) is 1.60. The van der Waals surface area contributed by atoms with Crippen LogP contribution in [0.3, 0.4) is 0 Å². The topological polar surface area (TPSA) is 86.0 Å². The summed E-state index contributed by atoms with van der Waals surface area (Å²) in [5, 5.41) is 10.6. The molecule has 1 aromatic carbocycles. The molecule has 6 nitrogen and oxygen atoms in total. The van der Waals surface area contributed by atoms with Crippen molar-refractivity contribution in [3.63, 3.8) is 0 Å². The third-order valence-electron chi connectivity index (χ3n) is 2.51. The van der Waals surface area contributed by atoms with E-state index in [1.54, 1.807) is 31.4 Å². The monoisotopic (exact) mass is 286 g/mol. The fraction of sp³-hybridized carbons (Fsp3) is 0.333. The van der Waals surface area contributed by atoms with Gasteiger partial charge in [-0.3, -0.25) is 4.18 Å². The number of methoxy groups -OCH3 is 1. The molecular formula is C12H14O6S. The Labute approximate surface area is 110 Å². The first-order valence-corrected chi connectivity index (χ1v) is 7.30. The summed E-state index contributed by atoms with van der Waals surface area (Å²) in [7, 11) is -2.04. The molecule has 0 aliphatic carbocycles. The molecule has 0 saturated heterocycles. The van der Waals surface area contributed by atoms with E-state index in [4.69, 9.17) is 9.15 Å². The Kier molecular flexibility index (Phi) is 3.79. The maximum Gasteiger partial charge on any atom is 0.264 e. The molecule has 0 aliphatic heterocycles.